The van der Waals surface area contributed by atoms with Gasteiger partial charge >= 0.3 is 23.9 Å². The number of nitrogens with zero attached hydrogens (tertiary/aromatic N) is 6. The Kier molecular flexibility index (Phi) is 32.8. The number of carbonyl (C=O) groups excluding carboxylic acids is 4. The summed E-state index contributed by atoms with van der Waals surface area (Å²) in [6, 6.07) is 32.3. The Hall–Kier alpha value is -9.20. The second-order valence-corrected chi connectivity index (χ2v) is 22.7. The molecule has 0 amide bonds. The molecule has 0 aliphatic heterocycles. The number of hydrogen-bond donors (Lipinski definition) is 0. The molecule has 0 N–H and O–H groups in total. The fraction of sp³-hybridized carbons (Fsp3) is 0.444. The van der Waals surface area contributed by atoms with Gasteiger partial charge in [-0.3, -0.25) is 29.8 Å². The van der Waals surface area contributed by atoms with Crippen molar-refractivity contribution in [3.8, 4) is 34.5 Å². The largest absolute Gasteiger partial charge is 0.494 e. The summed E-state index contributed by atoms with van der Waals surface area (Å²) in [5, 5.41) is 39.2. The van der Waals surface area contributed by atoms with Gasteiger partial charge < -0.3 is 28.4 Å². The van der Waals surface area contributed by atoms with Gasteiger partial charge in [-0.2, -0.15) is 10.2 Å². The maximum absolute atomic E-state index is 13.4. The molecule has 20 nitrogen and oxygen atoms in total. The monoisotopic (exact) mass is 1260 g/mol. The van der Waals surface area contributed by atoms with Crippen molar-refractivity contribution in [3.05, 3.63) is 165 Å². The molecule has 0 aromatic heterocycles. The number of esters is 4. The molecule has 0 spiro atoms. The minimum atomic E-state index is -0.715. The first-order chi connectivity index (χ1) is 44.9. The highest BCUT2D eigenvalue weighted by Crippen LogP contribution is 2.36. The Balaban J connectivity index is 1.01. The molecule has 0 heterocycles. The third-order valence-electron chi connectivity index (χ3n) is 15.1. The van der Waals surface area contributed by atoms with E-state index in [9.17, 15) is 39.4 Å². The van der Waals surface area contributed by atoms with Gasteiger partial charge in [-0.25, -0.2) is 9.59 Å². The van der Waals surface area contributed by atoms with E-state index in [-0.39, 0.29) is 93.9 Å². The lowest BCUT2D eigenvalue weighted by Gasteiger charge is -2.11. The second-order valence-electron chi connectivity index (χ2n) is 22.7. The summed E-state index contributed by atoms with van der Waals surface area (Å²) in [5.41, 5.74) is 0.926. The molecule has 0 saturated carbocycles. The second kappa shape index (κ2) is 42.0. The summed E-state index contributed by atoms with van der Waals surface area (Å²) < 4.78 is 34.7. The summed E-state index contributed by atoms with van der Waals surface area (Å²) in [6.07, 6.45) is 29.9. The Morgan fingerprint density at radius 3 is 0.967 bits per heavy atom. The average molecular weight is 1260 g/mol. The van der Waals surface area contributed by atoms with E-state index in [1.165, 1.54) is 213 Å². The highest BCUT2D eigenvalue weighted by atomic mass is 16.6. The molecule has 0 aliphatic rings. The zero-order valence-corrected chi connectivity index (χ0v) is 53.3. The molecule has 92 heavy (non-hydrogen) atoms. The normalized spacial score (nSPS) is 11.2. The fourth-order valence-corrected chi connectivity index (χ4v) is 9.81. The van der Waals surface area contributed by atoms with Crippen LogP contribution in [0.1, 0.15) is 214 Å². The number of carbonyl (C=O) groups is 4. The van der Waals surface area contributed by atoms with Crippen molar-refractivity contribution in [2.24, 2.45) is 20.5 Å². The van der Waals surface area contributed by atoms with Crippen molar-refractivity contribution >= 4 is 58.0 Å². The van der Waals surface area contributed by atoms with Gasteiger partial charge in [0.15, 0.2) is 11.5 Å². The van der Waals surface area contributed by atoms with Gasteiger partial charge in [0.2, 0.25) is 0 Å². The van der Waals surface area contributed by atoms with Crippen LogP contribution >= 0.6 is 0 Å². The molecule has 6 aromatic carbocycles. The van der Waals surface area contributed by atoms with E-state index in [4.69, 9.17) is 28.4 Å². The third-order valence-corrected chi connectivity index (χ3v) is 15.1. The summed E-state index contributed by atoms with van der Waals surface area (Å²) in [6.45, 7) is 5.62. The summed E-state index contributed by atoms with van der Waals surface area (Å²) in [7, 11) is 0. The smallest absolute Gasteiger partial charge is 0.343 e. The molecule has 0 unspecified atom stereocenters. The zero-order valence-electron chi connectivity index (χ0n) is 53.3. The molecule has 6 aromatic rings. The van der Waals surface area contributed by atoms with E-state index in [0.717, 1.165) is 25.7 Å². The molecule has 0 radical (unpaired) electrons. The first-order valence-corrected chi connectivity index (χ1v) is 32.8. The summed E-state index contributed by atoms with van der Waals surface area (Å²) >= 11 is 0. The Labute approximate surface area is 539 Å². The molecule has 0 saturated heterocycles. The zero-order chi connectivity index (χ0) is 65.4. The number of azo groups is 2. The maximum Gasteiger partial charge on any atom is 0.343 e. The van der Waals surface area contributed by atoms with Crippen molar-refractivity contribution in [1.29, 1.82) is 0 Å². The molecule has 6 rings (SSSR count). The van der Waals surface area contributed by atoms with E-state index < -0.39 is 33.7 Å². The van der Waals surface area contributed by atoms with Crippen LogP contribution in [-0.2, 0) is 9.59 Å². The van der Waals surface area contributed by atoms with E-state index in [0.29, 0.717) is 24.7 Å². The standard InChI is InChI=1S/C72H88N6O14/c1-3-5-7-9-11-13-15-17-19-21-23-27-51-87-61-43-31-55(32-44-61)71(81)89-63-47-49-65(75-73-57-35-39-59(40-36-57)77(83)84)67(53-63)91-69(79)29-25-26-30-70(80)92-68-54-64(48-50-66(68)76-74-58-37-41-60(42-38-58)78(85)86)90-72(82)56-33-45-62(46-34-56)88-52-28-24-22-20-18-16-14-12-10-8-6-4-2/h31-50,53-54H,3-30,51-52H2,1-2H3. The van der Waals surface area contributed by atoms with Crippen LogP contribution in [0, 0.1) is 20.2 Å². The van der Waals surface area contributed by atoms with Gasteiger partial charge in [0, 0.05) is 49.2 Å². The van der Waals surface area contributed by atoms with Crippen LogP contribution in [0.2, 0.25) is 0 Å². The fourth-order valence-electron chi connectivity index (χ4n) is 9.81. The number of rotatable bonds is 45. The van der Waals surface area contributed by atoms with E-state index in [1.807, 2.05) is 0 Å². The lowest BCUT2D eigenvalue weighted by molar-refractivity contribution is -0.385. The lowest BCUT2D eigenvalue weighted by Crippen LogP contribution is -2.11. The Morgan fingerprint density at radius 2 is 0.652 bits per heavy atom. The van der Waals surface area contributed by atoms with Crippen LogP contribution in [0.25, 0.3) is 0 Å². The Morgan fingerprint density at radius 1 is 0.348 bits per heavy atom. The van der Waals surface area contributed by atoms with E-state index in [1.54, 1.807) is 48.5 Å². The lowest BCUT2D eigenvalue weighted by atomic mass is 10.1. The summed E-state index contributed by atoms with van der Waals surface area (Å²) in [5.74, 6) is -1.67. The van der Waals surface area contributed by atoms with Gasteiger partial charge in [0.25, 0.3) is 11.4 Å². The number of nitro groups is 2. The van der Waals surface area contributed by atoms with Gasteiger partial charge in [-0.15, -0.1) is 10.2 Å². The van der Waals surface area contributed by atoms with Crippen LogP contribution in [0.4, 0.5) is 34.1 Å². The van der Waals surface area contributed by atoms with Gasteiger partial charge in [-0.05, 0) is 123 Å². The number of benzene rings is 6. The van der Waals surface area contributed by atoms with Crippen molar-refractivity contribution in [3.63, 3.8) is 0 Å². The van der Waals surface area contributed by atoms with Crippen molar-refractivity contribution in [1.82, 2.24) is 0 Å². The highest BCUT2D eigenvalue weighted by Gasteiger charge is 2.19. The molecule has 0 aliphatic carbocycles. The Bertz CT molecular complexity index is 3060. The van der Waals surface area contributed by atoms with Crippen LogP contribution in [0.5, 0.6) is 34.5 Å². The first kappa shape index (κ1) is 71.9. The quantitative estimate of drug-likeness (QED) is 0.00860. The molecule has 0 fully saturated rings. The number of unbranched alkanes of at least 4 members (excludes halogenated alkanes) is 23. The van der Waals surface area contributed by atoms with Gasteiger partial charge in [-0.1, -0.05) is 155 Å². The van der Waals surface area contributed by atoms with Crippen molar-refractivity contribution < 1.29 is 57.4 Å². The van der Waals surface area contributed by atoms with Crippen molar-refractivity contribution in [2.75, 3.05) is 13.2 Å². The topological polar surface area (TPSA) is 259 Å². The minimum absolute atomic E-state index is 0.0342. The summed E-state index contributed by atoms with van der Waals surface area (Å²) in [4.78, 5) is 74.9. The van der Waals surface area contributed by atoms with E-state index in [2.05, 4.69) is 34.3 Å². The molecule has 0 atom stereocenters. The molecular formula is C72H88N6O14. The van der Waals surface area contributed by atoms with Crippen molar-refractivity contribution in [2.45, 2.75) is 194 Å². The number of hydrogen-bond acceptors (Lipinski definition) is 18. The molecule has 490 valence electrons. The van der Waals surface area contributed by atoms with E-state index >= 15 is 0 Å². The third kappa shape index (κ3) is 27.9. The minimum Gasteiger partial charge on any atom is -0.494 e. The average Bonchev–Trinajstić information content (AvgIpc) is 1.34. The van der Waals surface area contributed by atoms with Gasteiger partial charge in [0.1, 0.15) is 34.4 Å². The van der Waals surface area contributed by atoms with Gasteiger partial charge in [0.05, 0.1) is 45.6 Å². The SMILES string of the molecule is CCCCCCCCCCCCCCOc1ccc(C(=O)Oc2ccc(N=Nc3ccc([N+](=O)[O-])cc3)c(OC(=O)CCCCC(=O)Oc3cc(OC(=O)c4ccc(OCCCCCCCCCCCCCC)cc4)ccc3N=Nc3ccc([N+](=O)[O-])cc3)c2)cc1. The van der Waals surface area contributed by atoms with Crippen LogP contribution < -0.4 is 28.4 Å². The predicted molar refractivity (Wildman–Crippen MR) is 353 cm³/mol. The van der Waals surface area contributed by atoms with Crippen LogP contribution in [0.3, 0.4) is 0 Å². The molecular weight excluding hydrogens is 1170 g/mol. The maximum atomic E-state index is 13.4. The molecule has 20 heteroatoms. The molecule has 0 bridgehead atoms. The predicted octanol–water partition coefficient (Wildman–Crippen LogP) is 21.0. The highest BCUT2D eigenvalue weighted by molar-refractivity contribution is 5.92. The van der Waals surface area contributed by atoms with Crippen LogP contribution in [0.15, 0.2) is 154 Å². The number of non-ortho nitro benzene ring substituents is 2. The number of ether oxygens (including phenoxy) is 6. The first-order valence-electron chi connectivity index (χ1n) is 32.8. The van der Waals surface area contributed by atoms with Crippen LogP contribution in [-0.4, -0.2) is 46.9 Å². The number of nitro benzene ring substituents is 2.